The van der Waals surface area contributed by atoms with Crippen LogP contribution in [0.2, 0.25) is 0 Å². The molecule has 1 aliphatic rings. The van der Waals surface area contributed by atoms with Gasteiger partial charge in [-0.1, -0.05) is 91.0 Å². The van der Waals surface area contributed by atoms with E-state index >= 15 is 0 Å². The largest absolute Gasteiger partial charge is 0.480 e. The molecule has 4 rings (SSSR count). The number of benzene rings is 3. The average Bonchev–Trinajstić information content (AvgIpc) is 3.23. The minimum Gasteiger partial charge on any atom is -0.480 e. The Bertz CT molecular complexity index is 1010. The lowest BCUT2D eigenvalue weighted by atomic mass is 10.1. The van der Waals surface area contributed by atoms with Crippen molar-refractivity contribution in [3.05, 3.63) is 108 Å². The van der Waals surface area contributed by atoms with Crippen molar-refractivity contribution in [3.8, 4) is 0 Å². The van der Waals surface area contributed by atoms with Gasteiger partial charge in [0.1, 0.15) is 24.9 Å². The summed E-state index contributed by atoms with van der Waals surface area (Å²) in [4.78, 5) is 11.2. The molecule has 3 aromatic carbocycles. The maximum absolute atomic E-state index is 11.2. The van der Waals surface area contributed by atoms with Gasteiger partial charge in [-0.3, -0.25) is 0 Å². The van der Waals surface area contributed by atoms with Gasteiger partial charge in [0.05, 0.1) is 26.4 Å². The van der Waals surface area contributed by atoms with Crippen molar-refractivity contribution in [2.45, 2.75) is 44.4 Å². The molecule has 7 heteroatoms. The van der Waals surface area contributed by atoms with Crippen molar-refractivity contribution in [2.75, 3.05) is 13.2 Å². The second-order valence-corrected chi connectivity index (χ2v) is 8.27. The maximum atomic E-state index is 11.2. The highest BCUT2D eigenvalue weighted by molar-refractivity contribution is 5.68. The lowest BCUT2D eigenvalue weighted by Crippen LogP contribution is -2.40. The van der Waals surface area contributed by atoms with Crippen LogP contribution in [0.1, 0.15) is 16.7 Å². The van der Waals surface area contributed by atoms with Gasteiger partial charge in [-0.05, 0) is 16.7 Å². The first kappa shape index (κ1) is 25.0. The molecule has 35 heavy (non-hydrogen) atoms. The summed E-state index contributed by atoms with van der Waals surface area (Å²) in [5.74, 6) is -1.08. The van der Waals surface area contributed by atoms with Crippen LogP contribution in [0, 0.1) is 0 Å². The van der Waals surface area contributed by atoms with Gasteiger partial charge in [-0.25, -0.2) is 4.79 Å². The summed E-state index contributed by atoms with van der Waals surface area (Å²) in [7, 11) is 0. The van der Waals surface area contributed by atoms with E-state index in [-0.39, 0.29) is 6.61 Å². The van der Waals surface area contributed by atoms with Crippen molar-refractivity contribution in [1.29, 1.82) is 0 Å². The molecule has 3 aromatic rings. The SMILES string of the molecule is O=C(O)CO[C@H]1O[C@H](COCc2ccccc2)[C@@H](OCc2ccccc2)[C@H]1OCc1ccccc1. The summed E-state index contributed by atoms with van der Waals surface area (Å²) in [6, 6.07) is 29.4. The van der Waals surface area contributed by atoms with E-state index in [1.165, 1.54) is 0 Å². The highest BCUT2D eigenvalue weighted by Gasteiger charge is 2.47. The summed E-state index contributed by atoms with van der Waals surface area (Å²) >= 11 is 0. The fraction of sp³-hybridized carbons (Fsp3) is 0.321. The van der Waals surface area contributed by atoms with E-state index in [0.29, 0.717) is 19.8 Å². The maximum Gasteiger partial charge on any atom is 0.329 e. The van der Waals surface area contributed by atoms with Crippen LogP contribution in [0.15, 0.2) is 91.0 Å². The van der Waals surface area contributed by atoms with Gasteiger partial charge in [0.2, 0.25) is 0 Å². The number of hydrogen-bond acceptors (Lipinski definition) is 6. The fourth-order valence-corrected chi connectivity index (χ4v) is 3.89. The van der Waals surface area contributed by atoms with Gasteiger partial charge < -0.3 is 28.8 Å². The first-order valence-corrected chi connectivity index (χ1v) is 11.6. The van der Waals surface area contributed by atoms with Gasteiger partial charge in [0.25, 0.3) is 0 Å². The monoisotopic (exact) mass is 478 g/mol. The Morgan fingerprint density at radius 2 is 1.17 bits per heavy atom. The van der Waals surface area contributed by atoms with E-state index < -0.39 is 37.2 Å². The Morgan fingerprint density at radius 1 is 0.686 bits per heavy atom. The molecule has 0 radical (unpaired) electrons. The molecule has 0 saturated carbocycles. The van der Waals surface area contributed by atoms with E-state index in [1.54, 1.807) is 0 Å². The Kier molecular flexibility index (Phi) is 9.39. The molecule has 184 valence electrons. The van der Waals surface area contributed by atoms with E-state index in [9.17, 15) is 4.79 Å². The Labute approximate surface area is 205 Å². The van der Waals surface area contributed by atoms with Crippen LogP contribution in [-0.4, -0.2) is 48.9 Å². The van der Waals surface area contributed by atoms with Crippen molar-refractivity contribution < 1.29 is 33.6 Å². The molecular formula is C28H30O7. The van der Waals surface area contributed by atoms with Crippen LogP contribution in [0.3, 0.4) is 0 Å². The zero-order chi connectivity index (χ0) is 24.3. The topological polar surface area (TPSA) is 83.5 Å². The quantitative estimate of drug-likeness (QED) is 0.394. The number of carbonyl (C=O) groups is 1. The van der Waals surface area contributed by atoms with Crippen LogP contribution in [-0.2, 0) is 48.3 Å². The zero-order valence-electron chi connectivity index (χ0n) is 19.4. The number of hydrogen-bond donors (Lipinski definition) is 1. The van der Waals surface area contributed by atoms with Gasteiger partial charge in [0.15, 0.2) is 6.29 Å². The first-order valence-electron chi connectivity index (χ1n) is 11.6. The standard InChI is InChI=1S/C28H30O7/c29-25(30)20-34-28-27(33-18-23-14-8-3-9-15-23)26(32-17-22-12-6-2-7-13-22)24(35-28)19-31-16-21-10-4-1-5-11-21/h1-15,24,26-28H,16-20H2,(H,29,30)/t24-,26-,27-,28+/m1/s1. The third-order valence-electron chi connectivity index (χ3n) is 5.60. The molecule has 1 saturated heterocycles. The second-order valence-electron chi connectivity index (χ2n) is 8.27. The van der Waals surface area contributed by atoms with E-state index in [2.05, 4.69) is 0 Å². The number of rotatable bonds is 13. The highest BCUT2D eigenvalue weighted by Crippen LogP contribution is 2.30. The Hall–Kier alpha value is -3.07. The third kappa shape index (κ3) is 7.71. The van der Waals surface area contributed by atoms with Crippen LogP contribution in [0.5, 0.6) is 0 Å². The van der Waals surface area contributed by atoms with Crippen LogP contribution in [0.25, 0.3) is 0 Å². The number of ether oxygens (including phenoxy) is 5. The van der Waals surface area contributed by atoms with E-state index in [0.717, 1.165) is 16.7 Å². The molecule has 1 heterocycles. The number of carboxylic acid groups (broad SMARTS) is 1. The average molecular weight is 479 g/mol. The first-order chi connectivity index (χ1) is 17.2. The molecule has 0 unspecified atom stereocenters. The molecular weight excluding hydrogens is 448 g/mol. The normalized spacial score (nSPS) is 21.7. The fourth-order valence-electron chi connectivity index (χ4n) is 3.89. The van der Waals surface area contributed by atoms with Gasteiger partial charge >= 0.3 is 5.97 Å². The van der Waals surface area contributed by atoms with Crippen molar-refractivity contribution in [3.63, 3.8) is 0 Å². The summed E-state index contributed by atoms with van der Waals surface area (Å²) in [6.45, 7) is 0.819. The second kappa shape index (κ2) is 13.1. The predicted molar refractivity (Wildman–Crippen MR) is 128 cm³/mol. The van der Waals surface area contributed by atoms with E-state index in [1.807, 2.05) is 91.0 Å². The molecule has 0 amide bonds. The summed E-state index contributed by atoms with van der Waals surface area (Å²) in [6.07, 6.45) is -2.56. The van der Waals surface area contributed by atoms with Crippen LogP contribution >= 0.6 is 0 Å². The predicted octanol–water partition coefficient (Wildman–Crippen LogP) is 4.20. The molecule has 1 N–H and O–H groups in total. The third-order valence-corrected chi connectivity index (χ3v) is 5.60. The van der Waals surface area contributed by atoms with Crippen molar-refractivity contribution >= 4 is 5.97 Å². The molecule has 1 aliphatic heterocycles. The minimum absolute atomic E-state index is 0.243. The molecule has 4 atom stereocenters. The molecule has 0 aromatic heterocycles. The molecule has 0 bridgehead atoms. The van der Waals surface area contributed by atoms with Gasteiger partial charge in [-0.15, -0.1) is 0 Å². The Balaban J connectivity index is 1.47. The molecule has 7 nitrogen and oxygen atoms in total. The Morgan fingerprint density at radius 3 is 1.69 bits per heavy atom. The molecule has 0 spiro atoms. The lowest BCUT2D eigenvalue weighted by molar-refractivity contribution is -0.193. The number of carboxylic acids is 1. The summed E-state index contributed by atoms with van der Waals surface area (Å²) in [5.41, 5.74) is 3.03. The van der Waals surface area contributed by atoms with E-state index in [4.69, 9.17) is 28.8 Å². The summed E-state index contributed by atoms with van der Waals surface area (Å²) in [5, 5.41) is 9.14. The molecule has 0 aliphatic carbocycles. The molecule has 1 fully saturated rings. The van der Waals surface area contributed by atoms with Gasteiger partial charge in [0, 0.05) is 0 Å². The van der Waals surface area contributed by atoms with Crippen molar-refractivity contribution in [1.82, 2.24) is 0 Å². The van der Waals surface area contributed by atoms with Crippen LogP contribution < -0.4 is 0 Å². The summed E-state index contributed by atoms with van der Waals surface area (Å²) < 4.78 is 30.1. The minimum atomic E-state index is -1.08. The van der Waals surface area contributed by atoms with Crippen molar-refractivity contribution in [2.24, 2.45) is 0 Å². The lowest BCUT2D eigenvalue weighted by Gasteiger charge is -2.25. The zero-order valence-corrected chi connectivity index (χ0v) is 19.4. The smallest absolute Gasteiger partial charge is 0.329 e. The van der Waals surface area contributed by atoms with Gasteiger partial charge in [-0.2, -0.15) is 0 Å². The number of aliphatic carboxylic acids is 1. The highest BCUT2D eigenvalue weighted by atomic mass is 16.7. The van der Waals surface area contributed by atoms with Crippen LogP contribution in [0.4, 0.5) is 0 Å².